The number of alkyl halides is 1. The molecule has 1 aromatic carbocycles. The molecular formula is C17H24BrNO2. The molecule has 0 bridgehead atoms. The zero-order valence-corrected chi connectivity index (χ0v) is 14.3. The van der Waals surface area contributed by atoms with E-state index in [4.69, 9.17) is 4.74 Å². The highest BCUT2D eigenvalue weighted by molar-refractivity contribution is 9.09. The Balaban J connectivity index is 1.74. The molecule has 116 valence electrons. The summed E-state index contributed by atoms with van der Waals surface area (Å²) < 4.78 is 5.67. The maximum Gasteiger partial charge on any atom is 0.226 e. The van der Waals surface area contributed by atoms with Crippen LogP contribution in [0.4, 0.5) is 0 Å². The monoisotopic (exact) mass is 353 g/mol. The molecule has 1 aliphatic heterocycles. The highest BCUT2D eigenvalue weighted by Gasteiger charge is 2.22. The number of hydrogen-bond donors (Lipinski definition) is 0. The van der Waals surface area contributed by atoms with E-state index >= 15 is 0 Å². The van der Waals surface area contributed by atoms with Gasteiger partial charge in [0.25, 0.3) is 0 Å². The van der Waals surface area contributed by atoms with Gasteiger partial charge < -0.3 is 9.64 Å². The van der Waals surface area contributed by atoms with Crippen molar-refractivity contribution >= 4 is 21.8 Å². The van der Waals surface area contributed by atoms with Crippen LogP contribution in [0.5, 0.6) is 5.75 Å². The molecule has 1 amide bonds. The average Bonchev–Trinajstić information content (AvgIpc) is 2.48. The van der Waals surface area contributed by atoms with Crippen molar-refractivity contribution in [3.05, 3.63) is 29.8 Å². The minimum atomic E-state index is 0.224. The highest BCUT2D eigenvalue weighted by atomic mass is 79.9. The molecule has 0 radical (unpaired) electrons. The van der Waals surface area contributed by atoms with E-state index in [1.807, 2.05) is 36.1 Å². The number of ether oxygens (including phenoxy) is 1. The van der Waals surface area contributed by atoms with Gasteiger partial charge >= 0.3 is 0 Å². The van der Waals surface area contributed by atoms with Crippen LogP contribution in [-0.4, -0.2) is 35.8 Å². The third-order valence-corrected chi connectivity index (χ3v) is 4.42. The molecule has 0 N–H and O–H groups in total. The molecular weight excluding hydrogens is 330 g/mol. The first kappa shape index (κ1) is 16.3. The van der Waals surface area contributed by atoms with Crippen LogP contribution in [0.1, 0.15) is 31.2 Å². The smallest absolute Gasteiger partial charge is 0.226 e. The largest absolute Gasteiger partial charge is 0.493 e. The van der Waals surface area contributed by atoms with Gasteiger partial charge in [-0.1, -0.05) is 28.1 Å². The summed E-state index contributed by atoms with van der Waals surface area (Å²) in [7, 11) is 0. The fraction of sp³-hybridized carbons (Fsp3) is 0.588. The lowest BCUT2D eigenvalue weighted by Gasteiger charge is -2.32. The van der Waals surface area contributed by atoms with Gasteiger partial charge in [-0.15, -0.1) is 0 Å². The summed E-state index contributed by atoms with van der Waals surface area (Å²) in [4.78, 5) is 14.2. The summed E-state index contributed by atoms with van der Waals surface area (Å²) in [5, 5.41) is 1.02. The minimum Gasteiger partial charge on any atom is -0.493 e. The lowest BCUT2D eigenvalue weighted by molar-refractivity contribution is -0.133. The standard InChI is InChI=1S/C17H24BrNO2/c1-14-4-2-6-16(12-14)21-11-8-17(20)19-10-3-5-15(13-19)7-9-18/h2,4,6,12,15H,3,5,7-11,13H2,1H3. The Morgan fingerprint density at radius 1 is 1.48 bits per heavy atom. The van der Waals surface area contributed by atoms with E-state index < -0.39 is 0 Å². The van der Waals surface area contributed by atoms with E-state index in [-0.39, 0.29) is 5.91 Å². The van der Waals surface area contributed by atoms with Crippen LogP contribution < -0.4 is 4.74 Å². The number of nitrogens with zero attached hydrogens (tertiary/aromatic N) is 1. The Hall–Kier alpha value is -1.03. The zero-order valence-electron chi connectivity index (χ0n) is 12.7. The van der Waals surface area contributed by atoms with Crippen molar-refractivity contribution in [2.24, 2.45) is 5.92 Å². The average molecular weight is 354 g/mol. The van der Waals surface area contributed by atoms with Gasteiger partial charge in [0, 0.05) is 18.4 Å². The number of hydrogen-bond acceptors (Lipinski definition) is 2. The first-order chi connectivity index (χ1) is 10.2. The summed E-state index contributed by atoms with van der Waals surface area (Å²) in [6.45, 7) is 4.31. The van der Waals surface area contributed by atoms with E-state index in [0.717, 1.165) is 37.0 Å². The SMILES string of the molecule is Cc1cccc(OCCC(=O)N2CCCC(CCBr)C2)c1. The fourth-order valence-corrected chi connectivity index (χ4v) is 3.45. The van der Waals surface area contributed by atoms with E-state index in [1.54, 1.807) is 0 Å². The van der Waals surface area contributed by atoms with Gasteiger partial charge in [-0.2, -0.15) is 0 Å². The molecule has 1 aromatic rings. The minimum absolute atomic E-state index is 0.224. The van der Waals surface area contributed by atoms with Gasteiger partial charge in [-0.25, -0.2) is 0 Å². The van der Waals surface area contributed by atoms with Crippen LogP contribution in [0.2, 0.25) is 0 Å². The van der Waals surface area contributed by atoms with Gasteiger partial charge in [0.1, 0.15) is 5.75 Å². The maximum absolute atomic E-state index is 12.2. The molecule has 0 spiro atoms. The normalized spacial score (nSPS) is 18.6. The zero-order chi connectivity index (χ0) is 15.1. The number of carbonyl (C=O) groups is 1. The third-order valence-electron chi connectivity index (χ3n) is 3.96. The number of likely N-dealkylation sites (tertiary alicyclic amines) is 1. The van der Waals surface area contributed by atoms with Crippen molar-refractivity contribution in [3.8, 4) is 5.75 Å². The Kier molecular flexibility index (Phi) is 6.55. The summed E-state index contributed by atoms with van der Waals surface area (Å²) >= 11 is 3.49. The second-order valence-electron chi connectivity index (χ2n) is 5.74. The van der Waals surface area contributed by atoms with Crippen LogP contribution in [0, 0.1) is 12.8 Å². The summed E-state index contributed by atoms with van der Waals surface area (Å²) in [5.74, 6) is 1.72. The molecule has 2 rings (SSSR count). The predicted molar refractivity (Wildman–Crippen MR) is 89.0 cm³/mol. The molecule has 0 saturated carbocycles. The van der Waals surface area contributed by atoms with E-state index in [9.17, 15) is 4.79 Å². The van der Waals surface area contributed by atoms with Crippen molar-refractivity contribution in [1.82, 2.24) is 4.90 Å². The lowest BCUT2D eigenvalue weighted by atomic mass is 9.95. The van der Waals surface area contributed by atoms with E-state index in [0.29, 0.717) is 18.9 Å². The van der Waals surface area contributed by atoms with Crippen LogP contribution >= 0.6 is 15.9 Å². The lowest BCUT2D eigenvalue weighted by Crippen LogP contribution is -2.40. The third kappa shape index (κ3) is 5.34. The summed E-state index contributed by atoms with van der Waals surface area (Å²) in [5.41, 5.74) is 1.17. The van der Waals surface area contributed by atoms with E-state index in [1.165, 1.54) is 12.0 Å². The van der Waals surface area contributed by atoms with Crippen molar-refractivity contribution < 1.29 is 9.53 Å². The van der Waals surface area contributed by atoms with Crippen molar-refractivity contribution in [2.75, 3.05) is 25.0 Å². The molecule has 21 heavy (non-hydrogen) atoms. The maximum atomic E-state index is 12.2. The molecule has 1 unspecified atom stereocenters. The number of amides is 1. The number of rotatable bonds is 6. The Morgan fingerprint density at radius 3 is 3.10 bits per heavy atom. The predicted octanol–water partition coefficient (Wildman–Crippen LogP) is 3.79. The summed E-state index contributed by atoms with van der Waals surface area (Å²) in [6.07, 6.45) is 4.00. The number of carbonyl (C=O) groups excluding carboxylic acids is 1. The molecule has 1 atom stereocenters. The van der Waals surface area contributed by atoms with Gasteiger partial charge in [-0.05, 0) is 49.8 Å². The van der Waals surface area contributed by atoms with Crippen LogP contribution in [0.25, 0.3) is 0 Å². The molecule has 1 saturated heterocycles. The van der Waals surface area contributed by atoms with Crippen molar-refractivity contribution in [1.29, 1.82) is 0 Å². The molecule has 3 nitrogen and oxygen atoms in total. The molecule has 1 fully saturated rings. The first-order valence-corrected chi connectivity index (χ1v) is 8.84. The highest BCUT2D eigenvalue weighted by Crippen LogP contribution is 2.21. The molecule has 1 aliphatic rings. The van der Waals surface area contributed by atoms with Gasteiger partial charge in [-0.3, -0.25) is 4.79 Å². The Bertz CT molecular complexity index is 462. The van der Waals surface area contributed by atoms with Crippen LogP contribution in [0.3, 0.4) is 0 Å². The Labute approximate surface area is 135 Å². The molecule has 0 aromatic heterocycles. The number of benzene rings is 1. The number of piperidine rings is 1. The second kappa shape index (κ2) is 8.42. The summed E-state index contributed by atoms with van der Waals surface area (Å²) in [6, 6.07) is 7.94. The van der Waals surface area contributed by atoms with Crippen LogP contribution in [-0.2, 0) is 4.79 Å². The second-order valence-corrected chi connectivity index (χ2v) is 6.53. The van der Waals surface area contributed by atoms with E-state index in [2.05, 4.69) is 15.9 Å². The topological polar surface area (TPSA) is 29.5 Å². The van der Waals surface area contributed by atoms with Crippen molar-refractivity contribution in [3.63, 3.8) is 0 Å². The Morgan fingerprint density at radius 2 is 2.33 bits per heavy atom. The molecule has 0 aliphatic carbocycles. The van der Waals surface area contributed by atoms with Crippen LogP contribution in [0.15, 0.2) is 24.3 Å². The fourth-order valence-electron chi connectivity index (χ4n) is 2.80. The number of aryl methyl sites for hydroxylation is 1. The number of halogens is 1. The molecule has 1 heterocycles. The molecule has 4 heteroatoms. The van der Waals surface area contributed by atoms with Gasteiger partial charge in [0.2, 0.25) is 5.91 Å². The van der Waals surface area contributed by atoms with Gasteiger partial charge in [0.15, 0.2) is 0 Å². The van der Waals surface area contributed by atoms with Gasteiger partial charge in [0.05, 0.1) is 13.0 Å². The quantitative estimate of drug-likeness (QED) is 0.728. The van der Waals surface area contributed by atoms with Crippen molar-refractivity contribution in [2.45, 2.75) is 32.6 Å². The first-order valence-electron chi connectivity index (χ1n) is 7.72.